The zero-order chi connectivity index (χ0) is 14.6. The zero-order valence-electron chi connectivity index (χ0n) is 11.4. The van der Waals surface area contributed by atoms with Crippen LogP contribution in [0.3, 0.4) is 0 Å². The lowest BCUT2D eigenvalue weighted by Gasteiger charge is -2.31. The van der Waals surface area contributed by atoms with Crippen LogP contribution in [0.15, 0.2) is 48.5 Å². The van der Waals surface area contributed by atoms with Crippen molar-refractivity contribution in [1.29, 1.82) is 0 Å². The quantitative estimate of drug-likeness (QED) is 0.630. The van der Waals surface area contributed by atoms with Crippen LogP contribution >= 0.6 is 23.2 Å². The molecule has 0 bridgehead atoms. The minimum Gasteiger partial charge on any atom is -0.207 e. The van der Waals surface area contributed by atoms with E-state index in [2.05, 4.69) is 6.92 Å². The van der Waals surface area contributed by atoms with Gasteiger partial charge in [0.1, 0.15) is 5.82 Å². The van der Waals surface area contributed by atoms with Crippen LogP contribution in [-0.4, -0.2) is 5.88 Å². The van der Waals surface area contributed by atoms with Gasteiger partial charge in [-0.05, 0) is 42.2 Å². The van der Waals surface area contributed by atoms with Gasteiger partial charge in [-0.1, -0.05) is 48.9 Å². The highest BCUT2D eigenvalue weighted by Gasteiger charge is 2.30. The Morgan fingerprint density at radius 3 is 2.40 bits per heavy atom. The molecule has 0 aliphatic heterocycles. The number of hydrogen-bond acceptors (Lipinski definition) is 0. The molecule has 0 amide bonds. The first kappa shape index (κ1) is 15.3. The van der Waals surface area contributed by atoms with Gasteiger partial charge in [0.15, 0.2) is 0 Å². The van der Waals surface area contributed by atoms with E-state index in [1.165, 1.54) is 6.07 Å². The molecule has 1 unspecified atom stereocenters. The van der Waals surface area contributed by atoms with E-state index < -0.39 is 0 Å². The van der Waals surface area contributed by atoms with Crippen molar-refractivity contribution < 1.29 is 4.39 Å². The van der Waals surface area contributed by atoms with Crippen molar-refractivity contribution in [3.8, 4) is 0 Å². The van der Waals surface area contributed by atoms with Crippen LogP contribution < -0.4 is 0 Å². The lowest BCUT2D eigenvalue weighted by Crippen LogP contribution is -2.30. The van der Waals surface area contributed by atoms with Crippen molar-refractivity contribution in [1.82, 2.24) is 0 Å². The lowest BCUT2D eigenvalue weighted by atomic mass is 9.75. The molecule has 2 rings (SSSR count). The number of hydrogen-bond donors (Lipinski definition) is 0. The van der Waals surface area contributed by atoms with Gasteiger partial charge in [-0.3, -0.25) is 0 Å². The molecule has 0 fully saturated rings. The van der Waals surface area contributed by atoms with Crippen LogP contribution in [0.5, 0.6) is 0 Å². The summed E-state index contributed by atoms with van der Waals surface area (Å²) in [6.45, 7) is 2.08. The molecule has 0 saturated carbocycles. The Balaban J connectivity index is 2.42. The Morgan fingerprint density at radius 2 is 1.80 bits per heavy atom. The maximum Gasteiger partial charge on any atom is 0.126 e. The van der Waals surface area contributed by atoms with Crippen LogP contribution in [0.2, 0.25) is 5.02 Å². The summed E-state index contributed by atoms with van der Waals surface area (Å²) in [5, 5.41) is 0.550. The molecule has 3 heteroatoms. The predicted octanol–water partition coefficient (Wildman–Crippen LogP) is 5.61. The fourth-order valence-corrected chi connectivity index (χ4v) is 3.12. The second-order valence-corrected chi connectivity index (χ2v) is 5.75. The molecule has 2 aromatic rings. The SMILES string of the molecule is CCC(CCl)(Cc1cc(Cl)ccc1F)c1ccccc1. The Labute approximate surface area is 129 Å². The van der Waals surface area contributed by atoms with E-state index in [0.717, 1.165) is 12.0 Å². The molecule has 0 aliphatic carbocycles. The van der Waals surface area contributed by atoms with Gasteiger partial charge in [-0.25, -0.2) is 4.39 Å². The first-order chi connectivity index (χ1) is 9.61. The van der Waals surface area contributed by atoms with Crippen molar-refractivity contribution in [3.05, 3.63) is 70.5 Å². The highest BCUT2D eigenvalue weighted by Crippen LogP contribution is 2.34. The van der Waals surface area contributed by atoms with E-state index >= 15 is 0 Å². The molecule has 0 aliphatic rings. The molecule has 20 heavy (non-hydrogen) atoms. The van der Waals surface area contributed by atoms with Crippen LogP contribution in [0, 0.1) is 5.82 Å². The Bertz CT molecular complexity index is 562. The maximum absolute atomic E-state index is 14.0. The molecule has 1 atom stereocenters. The van der Waals surface area contributed by atoms with Gasteiger partial charge in [0.25, 0.3) is 0 Å². The molecule has 0 N–H and O–H groups in total. The summed E-state index contributed by atoms with van der Waals surface area (Å²) in [5.74, 6) is 0.215. The second kappa shape index (κ2) is 6.60. The monoisotopic (exact) mass is 310 g/mol. The molecule has 0 nitrogen and oxygen atoms in total. The molecule has 0 spiro atoms. The summed E-state index contributed by atoms with van der Waals surface area (Å²) in [4.78, 5) is 0. The Morgan fingerprint density at radius 1 is 1.10 bits per heavy atom. The van der Waals surface area contributed by atoms with Gasteiger partial charge >= 0.3 is 0 Å². The standard InChI is InChI=1S/C17H17Cl2F/c1-2-17(12-18,14-6-4-3-5-7-14)11-13-10-15(19)8-9-16(13)20/h3-10H,2,11-12H2,1H3. The highest BCUT2D eigenvalue weighted by atomic mass is 35.5. The third-order valence-corrected chi connectivity index (χ3v) is 4.60. The van der Waals surface area contributed by atoms with Gasteiger partial charge in [-0.15, -0.1) is 11.6 Å². The summed E-state index contributed by atoms with van der Waals surface area (Å²) in [5.41, 5.74) is 1.48. The van der Waals surface area contributed by atoms with Crippen molar-refractivity contribution in [2.24, 2.45) is 0 Å². The van der Waals surface area contributed by atoms with Gasteiger partial charge in [0.05, 0.1) is 0 Å². The van der Waals surface area contributed by atoms with Crippen LogP contribution in [0.4, 0.5) is 4.39 Å². The minimum atomic E-state index is -0.270. The largest absolute Gasteiger partial charge is 0.207 e. The fourth-order valence-electron chi connectivity index (χ4n) is 2.49. The van der Waals surface area contributed by atoms with Crippen molar-refractivity contribution >= 4 is 23.2 Å². The minimum absolute atomic E-state index is 0.228. The first-order valence-electron chi connectivity index (χ1n) is 6.67. The van der Waals surface area contributed by atoms with E-state index in [9.17, 15) is 4.39 Å². The van der Waals surface area contributed by atoms with Crippen LogP contribution in [0.1, 0.15) is 24.5 Å². The summed E-state index contributed by atoms with van der Waals surface area (Å²) in [7, 11) is 0. The van der Waals surface area contributed by atoms with E-state index in [1.807, 2.05) is 30.3 Å². The third-order valence-electron chi connectivity index (χ3n) is 3.86. The van der Waals surface area contributed by atoms with Crippen LogP contribution in [0.25, 0.3) is 0 Å². The topological polar surface area (TPSA) is 0 Å². The maximum atomic E-state index is 14.0. The van der Waals surface area contributed by atoms with Gasteiger partial charge in [0, 0.05) is 16.3 Å². The summed E-state index contributed by atoms with van der Waals surface area (Å²) in [6, 6.07) is 14.7. The van der Waals surface area contributed by atoms with Crippen molar-refractivity contribution in [3.63, 3.8) is 0 Å². The van der Waals surface area contributed by atoms with Gasteiger partial charge in [-0.2, -0.15) is 0 Å². The Kier molecular flexibility index (Phi) is 5.06. The number of halogens is 3. The van der Waals surface area contributed by atoms with E-state index in [-0.39, 0.29) is 11.2 Å². The molecule has 0 saturated heterocycles. The molecule has 0 aromatic heterocycles. The van der Waals surface area contributed by atoms with Crippen molar-refractivity contribution in [2.75, 3.05) is 5.88 Å². The van der Waals surface area contributed by atoms with Gasteiger partial charge in [0.2, 0.25) is 0 Å². The highest BCUT2D eigenvalue weighted by molar-refractivity contribution is 6.30. The summed E-state index contributed by atoms with van der Waals surface area (Å²) >= 11 is 12.2. The molecular weight excluding hydrogens is 294 g/mol. The average Bonchev–Trinajstić information content (AvgIpc) is 2.49. The molecule has 2 aromatic carbocycles. The second-order valence-electron chi connectivity index (χ2n) is 5.05. The molecule has 0 radical (unpaired) electrons. The predicted molar refractivity (Wildman–Crippen MR) is 84.2 cm³/mol. The smallest absolute Gasteiger partial charge is 0.126 e. The van der Waals surface area contributed by atoms with Gasteiger partial charge < -0.3 is 0 Å². The van der Waals surface area contributed by atoms with E-state index in [0.29, 0.717) is 22.9 Å². The lowest BCUT2D eigenvalue weighted by molar-refractivity contribution is 0.447. The number of rotatable bonds is 5. The molecule has 106 valence electrons. The zero-order valence-corrected chi connectivity index (χ0v) is 12.9. The summed E-state index contributed by atoms with van der Waals surface area (Å²) < 4.78 is 14.0. The average molecular weight is 311 g/mol. The van der Waals surface area contributed by atoms with Crippen molar-refractivity contribution in [2.45, 2.75) is 25.2 Å². The Hall–Kier alpha value is -1.05. The van der Waals surface area contributed by atoms with Crippen LogP contribution in [-0.2, 0) is 11.8 Å². The van der Waals surface area contributed by atoms with E-state index in [4.69, 9.17) is 23.2 Å². The molecule has 0 heterocycles. The fraction of sp³-hybridized carbons (Fsp3) is 0.294. The molecular formula is C17H17Cl2F. The summed E-state index contributed by atoms with van der Waals surface area (Å²) in [6.07, 6.45) is 1.38. The number of alkyl halides is 1. The first-order valence-corrected chi connectivity index (χ1v) is 7.58. The number of benzene rings is 2. The third kappa shape index (κ3) is 3.16. The van der Waals surface area contributed by atoms with E-state index in [1.54, 1.807) is 12.1 Å². The normalized spacial score (nSPS) is 14.0.